The van der Waals surface area contributed by atoms with Gasteiger partial charge in [-0.3, -0.25) is 0 Å². The zero-order valence-corrected chi connectivity index (χ0v) is 5.71. The van der Waals surface area contributed by atoms with Crippen LogP contribution < -0.4 is 5.73 Å². The number of nitrogens with two attached hydrogens (primary N) is 1. The van der Waals surface area contributed by atoms with Crippen molar-refractivity contribution in [1.82, 2.24) is 0 Å². The molecule has 0 heterocycles. The van der Waals surface area contributed by atoms with Gasteiger partial charge in [-0.1, -0.05) is 0 Å². The maximum absolute atomic E-state index is 8.57. The highest BCUT2D eigenvalue weighted by atomic mass is 16.3. The molecule has 1 fully saturated rings. The van der Waals surface area contributed by atoms with E-state index < -0.39 is 0 Å². The van der Waals surface area contributed by atoms with Gasteiger partial charge in [-0.25, -0.2) is 0 Å². The lowest BCUT2D eigenvalue weighted by Gasteiger charge is -2.04. The summed E-state index contributed by atoms with van der Waals surface area (Å²) in [5.74, 6) is 0.713. The lowest BCUT2D eigenvalue weighted by Crippen LogP contribution is -2.14. The Morgan fingerprint density at radius 3 is 2.67 bits per heavy atom. The fourth-order valence-corrected chi connectivity index (χ4v) is 1.56. The maximum Gasteiger partial charge on any atom is 0.0433 e. The monoisotopic (exact) mass is 129 g/mol. The van der Waals surface area contributed by atoms with Crippen LogP contribution in [0.2, 0.25) is 0 Å². The van der Waals surface area contributed by atoms with E-state index in [4.69, 9.17) is 10.8 Å². The van der Waals surface area contributed by atoms with Crippen LogP contribution in [0, 0.1) is 5.92 Å². The van der Waals surface area contributed by atoms with E-state index in [9.17, 15) is 0 Å². The van der Waals surface area contributed by atoms with Crippen LogP contribution in [0.25, 0.3) is 0 Å². The van der Waals surface area contributed by atoms with Gasteiger partial charge in [-0.05, 0) is 31.6 Å². The highest BCUT2D eigenvalue weighted by Gasteiger charge is 2.20. The van der Waals surface area contributed by atoms with Gasteiger partial charge in [-0.2, -0.15) is 0 Å². The molecule has 0 saturated heterocycles. The standard InChI is InChI=1S/C7H15NO/c8-7-2-1-6(5-7)3-4-9/h6-7,9H,1-5,8H2/t6-,7-/m1/s1. The van der Waals surface area contributed by atoms with E-state index in [2.05, 4.69) is 0 Å². The Hall–Kier alpha value is -0.0800. The van der Waals surface area contributed by atoms with Crippen LogP contribution in [0.5, 0.6) is 0 Å². The van der Waals surface area contributed by atoms with E-state index in [0.717, 1.165) is 19.3 Å². The average Bonchev–Trinajstić information content (AvgIpc) is 2.17. The van der Waals surface area contributed by atoms with Gasteiger partial charge >= 0.3 is 0 Å². The molecule has 1 aliphatic rings. The van der Waals surface area contributed by atoms with Gasteiger partial charge in [-0.15, -0.1) is 0 Å². The first-order valence-electron chi connectivity index (χ1n) is 3.69. The smallest absolute Gasteiger partial charge is 0.0433 e. The van der Waals surface area contributed by atoms with Crippen LogP contribution in [-0.4, -0.2) is 17.8 Å². The first-order chi connectivity index (χ1) is 4.33. The Kier molecular flexibility index (Phi) is 2.49. The third kappa shape index (κ3) is 1.95. The van der Waals surface area contributed by atoms with Crippen molar-refractivity contribution in [2.75, 3.05) is 6.61 Å². The zero-order chi connectivity index (χ0) is 6.69. The molecular weight excluding hydrogens is 114 g/mol. The third-order valence-electron chi connectivity index (χ3n) is 2.12. The van der Waals surface area contributed by atoms with E-state index in [0.29, 0.717) is 18.6 Å². The van der Waals surface area contributed by atoms with Crippen LogP contribution in [0.3, 0.4) is 0 Å². The quantitative estimate of drug-likeness (QED) is 0.570. The molecule has 0 aliphatic heterocycles. The van der Waals surface area contributed by atoms with Crippen LogP contribution in [0.4, 0.5) is 0 Å². The van der Waals surface area contributed by atoms with Gasteiger partial charge in [0.25, 0.3) is 0 Å². The Bertz CT molecular complexity index is 83.0. The van der Waals surface area contributed by atoms with Crippen LogP contribution >= 0.6 is 0 Å². The first-order valence-corrected chi connectivity index (χ1v) is 3.69. The van der Waals surface area contributed by atoms with Gasteiger partial charge in [0, 0.05) is 12.6 Å². The molecule has 1 saturated carbocycles. The molecule has 0 aromatic carbocycles. The van der Waals surface area contributed by atoms with Gasteiger partial charge in [0.05, 0.1) is 0 Å². The second kappa shape index (κ2) is 3.18. The molecule has 0 bridgehead atoms. The minimum atomic E-state index is 0.331. The Morgan fingerprint density at radius 2 is 2.22 bits per heavy atom. The summed E-state index contributed by atoms with van der Waals surface area (Å²) in [7, 11) is 0. The average molecular weight is 129 g/mol. The van der Waals surface area contributed by atoms with Gasteiger partial charge in [0.1, 0.15) is 0 Å². The zero-order valence-electron chi connectivity index (χ0n) is 5.71. The molecule has 2 nitrogen and oxygen atoms in total. The van der Waals surface area contributed by atoms with E-state index in [1.54, 1.807) is 0 Å². The number of hydrogen-bond donors (Lipinski definition) is 2. The molecule has 3 N–H and O–H groups in total. The molecule has 2 atom stereocenters. The fourth-order valence-electron chi connectivity index (χ4n) is 1.56. The van der Waals surface area contributed by atoms with Crippen molar-refractivity contribution in [2.45, 2.75) is 31.7 Å². The summed E-state index contributed by atoms with van der Waals surface area (Å²) in [5, 5.41) is 8.57. The lowest BCUT2D eigenvalue weighted by molar-refractivity contribution is 0.258. The van der Waals surface area contributed by atoms with Crippen molar-refractivity contribution >= 4 is 0 Å². The van der Waals surface area contributed by atoms with Crippen LogP contribution in [0.1, 0.15) is 25.7 Å². The molecule has 1 rings (SSSR count). The summed E-state index contributed by atoms with van der Waals surface area (Å²) in [6, 6.07) is 0.418. The van der Waals surface area contributed by atoms with E-state index in [1.807, 2.05) is 0 Å². The molecule has 0 aromatic heterocycles. The Morgan fingerprint density at radius 1 is 1.44 bits per heavy atom. The van der Waals surface area contributed by atoms with E-state index in [1.165, 1.54) is 6.42 Å². The minimum Gasteiger partial charge on any atom is -0.396 e. The summed E-state index contributed by atoms with van der Waals surface area (Å²) in [5.41, 5.74) is 5.67. The third-order valence-corrected chi connectivity index (χ3v) is 2.12. The predicted molar refractivity (Wildman–Crippen MR) is 37.0 cm³/mol. The van der Waals surface area contributed by atoms with Crippen LogP contribution in [0.15, 0.2) is 0 Å². The fraction of sp³-hybridized carbons (Fsp3) is 1.00. The van der Waals surface area contributed by atoms with E-state index in [-0.39, 0.29) is 0 Å². The lowest BCUT2D eigenvalue weighted by atomic mass is 10.1. The predicted octanol–water partition coefficient (Wildman–Crippen LogP) is 0.496. The molecule has 2 heteroatoms. The Balaban J connectivity index is 2.14. The summed E-state index contributed by atoms with van der Waals surface area (Å²) < 4.78 is 0. The molecule has 0 spiro atoms. The van der Waals surface area contributed by atoms with Gasteiger partial charge in [0.2, 0.25) is 0 Å². The number of hydrogen-bond acceptors (Lipinski definition) is 2. The van der Waals surface area contributed by atoms with E-state index >= 15 is 0 Å². The highest BCUT2D eigenvalue weighted by Crippen LogP contribution is 2.26. The molecular formula is C7H15NO. The van der Waals surface area contributed by atoms with Gasteiger partial charge in [0.15, 0.2) is 0 Å². The largest absolute Gasteiger partial charge is 0.396 e. The summed E-state index contributed by atoms with van der Waals surface area (Å²) >= 11 is 0. The van der Waals surface area contributed by atoms with Crippen molar-refractivity contribution in [3.05, 3.63) is 0 Å². The van der Waals surface area contributed by atoms with Gasteiger partial charge < -0.3 is 10.8 Å². The van der Waals surface area contributed by atoms with Crippen molar-refractivity contribution < 1.29 is 5.11 Å². The molecule has 54 valence electrons. The molecule has 1 aliphatic carbocycles. The van der Waals surface area contributed by atoms with Crippen molar-refractivity contribution in [1.29, 1.82) is 0 Å². The highest BCUT2D eigenvalue weighted by molar-refractivity contribution is 4.77. The number of aliphatic hydroxyl groups is 1. The number of rotatable bonds is 2. The summed E-state index contributed by atoms with van der Waals surface area (Å²) in [6.45, 7) is 0.331. The summed E-state index contributed by atoms with van der Waals surface area (Å²) in [4.78, 5) is 0. The minimum absolute atomic E-state index is 0.331. The van der Waals surface area contributed by atoms with Crippen molar-refractivity contribution in [2.24, 2.45) is 11.7 Å². The van der Waals surface area contributed by atoms with Crippen LogP contribution in [-0.2, 0) is 0 Å². The maximum atomic E-state index is 8.57. The molecule has 0 unspecified atom stereocenters. The SMILES string of the molecule is N[C@@H]1CC[C@H](CCO)C1. The normalized spacial score (nSPS) is 35.3. The second-order valence-corrected chi connectivity index (χ2v) is 2.95. The van der Waals surface area contributed by atoms with Crippen molar-refractivity contribution in [3.8, 4) is 0 Å². The molecule has 0 radical (unpaired) electrons. The molecule has 0 aromatic rings. The summed E-state index contributed by atoms with van der Waals surface area (Å²) in [6.07, 6.45) is 4.46. The second-order valence-electron chi connectivity index (χ2n) is 2.95. The first kappa shape index (κ1) is 7.03. The topological polar surface area (TPSA) is 46.2 Å². The molecule has 0 amide bonds. The number of aliphatic hydroxyl groups excluding tert-OH is 1. The van der Waals surface area contributed by atoms with Crippen molar-refractivity contribution in [3.63, 3.8) is 0 Å². The molecule has 9 heavy (non-hydrogen) atoms. The Labute approximate surface area is 56.1 Å².